The van der Waals surface area contributed by atoms with E-state index in [2.05, 4.69) is 10.2 Å². The minimum atomic E-state index is -1.82. The number of halogens is 6. The Morgan fingerprint density at radius 1 is 0.879 bits per heavy atom. The van der Waals surface area contributed by atoms with Gasteiger partial charge in [0.25, 0.3) is 11.8 Å². The number of amides is 2. The molecule has 2 aliphatic rings. The van der Waals surface area contributed by atoms with Gasteiger partial charge in [-0.25, -0.2) is 0 Å². The fraction of sp³-hybridized carbons (Fsp3) is 0.238. The number of alkyl halides is 2. The number of carbonyl (C=O) groups is 2. The molecule has 0 radical (unpaired) electrons. The van der Waals surface area contributed by atoms with Gasteiger partial charge in [-0.3, -0.25) is 9.59 Å². The molecule has 2 heterocycles. The summed E-state index contributed by atoms with van der Waals surface area (Å²) in [6.45, 7) is 3.19. The maximum atomic E-state index is 13.4. The zero-order valence-electron chi connectivity index (χ0n) is 17.0. The van der Waals surface area contributed by atoms with E-state index in [1.165, 1.54) is 12.1 Å². The second-order valence-electron chi connectivity index (χ2n) is 7.48. The average Bonchev–Trinajstić information content (AvgIpc) is 3.15. The molecular weight excluding hydrogens is 553 g/mol. The van der Waals surface area contributed by atoms with Crippen molar-refractivity contribution >= 4 is 104 Å². The highest BCUT2D eigenvalue weighted by molar-refractivity contribution is 6.56. The second kappa shape index (κ2) is 8.91. The Labute approximate surface area is 219 Å². The molecule has 0 aromatic heterocycles. The molecule has 3 atom stereocenters. The van der Waals surface area contributed by atoms with Crippen LogP contribution in [0.25, 0.3) is 0 Å². The molecule has 0 N–H and O–H groups in total. The van der Waals surface area contributed by atoms with Gasteiger partial charge in [0.15, 0.2) is 4.87 Å². The van der Waals surface area contributed by atoms with Crippen LogP contribution in [0, 0.1) is 5.92 Å². The van der Waals surface area contributed by atoms with E-state index in [4.69, 9.17) is 69.6 Å². The third kappa shape index (κ3) is 4.01. The molecule has 0 bridgehead atoms. The van der Waals surface area contributed by atoms with Crippen molar-refractivity contribution in [3.63, 3.8) is 0 Å². The Morgan fingerprint density at radius 2 is 1.39 bits per heavy atom. The maximum absolute atomic E-state index is 13.4. The first kappa shape index (κ1) is 24.6. The number of nitrogens with zero attached hydrogens (tertiary/aromatic N) is 4. The normalized spacial score (nSPS) is 23.8. The Balaban J connectivity index is 1.67. The fourth-order valence-electron chi connectivity index (χ4n) is 3.68. The lowest BCUT2D eigenvalue weighted by Gasteiger charge is -2.29. The molecule has 0 fully saturated rings. The molecule has 0 spiro atoms. The van der Waals surface area contributed by atoms with Crippen molar-refractivity contribution in [3.05, 3.63) is 56.5 Å². The van der Waals surface area contributed by atoms with Crippen molar-refractivity contribution in [2.75, 3.05) is 10.0 Å². The number of hydrazone groups is 2. The van der Waals surface area contributed by atoms with Gasteiger partial charge < -0.3 is 0 Å². The first-order valence-corrected chi connectivity index (χ1v) is 11.8. The Bertz CT molecular complexity index is 1250. The van der Waals surface area contributed by atoms with Crippen LogP contribution in [0.1, 0.15) is 13.8 Å². The van der Waals surface area contributed by atoms with Crippen molar-refractivity contribution in [1.82, 2.24) is 0 Å². The quantitative estimate of drug-likeness (QED) is 0.389. The number of anilines is 2. The van der Waals surface area contributed by atoms with E-state index in [9.17, 15) is 9.59 Å². The molecule has 2 aliphatic heterocycles. The molecule has 2 aromatic carbocycles. The van der Waals surface area contributed by atoms with Crippen molar-refractivity contribution in [2.45, 2.75) is 24.1 Å². The summed E-state index contributed by atoms with van der Waals surface area (Å²) in [6, 6.07) is 9.24. The zero-order valence-corrected chi connectivity index (χ0v) is 21.5. The van der Waals surface area contributed by atoms with Gasteiger partial charge in [-0.05, 0) is 50.2 Å². The zero-order chi connectivity index (χ0) is 24.2. The summed E-state index contributed by atoms with van der Waals surface area (Å²) < 4.78 is 0. The molecule has 0 aliphatic carbocycles. The number of hydrogen-bond donors (Lipinski definition) is 0. The molecule has 12 heteroatoms. The van der Waals surface area contributed by atoms with E-state index in [0.717, 1.165) is 10.0 Å². The van der Waals surface area contributed by atoms with Gasteiger partial charge in [0.05, 0.1) is 44.1 Å². The molecule has 6 nitrogen and oxygen atoms in total. The summed E-state index contributed by atoms with van der Waals surface area (Å²) in [4.78, 5) is 24.9. The van der Waals surface area contributed by atoms with Gasteiger partial charge in [-0.2, -0.15) is 20.2 Å². The topological polar surface area (TPSA) is 65.3 Å². The highest BCUT2D eigenvalue weighted by Gasteiger charge is 2.59. The Kier molecular flexibility index (Phi) is 6.64. The Morgan fingerprint density at radius 3 is 1.91 bits per heavy atom. The minimum Gasteiger partial charge on any atom is -0.272 e. The summed E-state index contributed by atoms with van der Waals surface area (Å²) in [5.41, 5.74) is 1.20. The predicted molar refractivity (Wildman–Crippen MR) is 136 cm³/mol. The number of rotatable bonds is 4. The molecule has 172 valence electrons. The lowest BCUT2D eigenvalue weighted by Crippen LogP contribution is -2.53. The van der Waals surface area contributed by atoms with E-state index in [1.54, 1.807) is 38.1 Å². The molecule has 4 rings (SSSR count). The molecule has 33 heavy (non-hydrogen) atoms. The molecule has 0 saturated carbocycles. The van der Waals surface area contributed by atoms with Crippen LogP contribution in [-0.4, -0.2) is 33.5 Å². The third-order valence-electron chi connectivity index (χ3n) is 5.41. The standard InChI is InChI=1S/C21H14Cl6N4O2/c1-9-17(19(32)30(28-9)15-5-3-11(22)7-13(15)24)18(26)21(27)10(2)29-31(20(21)33)16-6-4-12(23)8-14(16)25/h3-8,17-18H,1-2H3/t17-,18+,21+/m0/s1. The molecule has 0 saturated heterocycles. The van der Waals surface area contributed by atoms with Crippen LogP contribution < -0.4 is 10.0 Å². The van der Waals surface area contributed by atoms with Crippen molar-refractivity contribution in [3.8, 4) is 0 Å². The maximum Gasteiger partial charge on any atom is 0.276 e. The van der Waals surface area contributed by atoms with Gasteiger partial charge >= 0.3 is 0 Å². The van der Waals surface area contributed by atoms with E-state index in [-0.39, 0.29) is 21.4 Å². The second-order valence-corrected chi connectivity index (χ2v) is 10.2. The fourth-order valence-corrected chi connectivity index (χ4v) is 5.45. The third-order valence-corrected chi connectivity index (χ3v) is 7.85. The first-order valence-electron chi connectivity index (χ1n) is 9.49. The van der Waals surface area contributed by atoms with Crippen molar-refractivity contribution in [1.29, 1.82) is 0 Å². The van der Waals surface area contributed by atoms with Crippen LogP contribution in [-0.2, 0) is 9.59 Å². The van der Waals surface area contributed by atoms with Gasteiger partial charge in [0.2, 0.25) is 0 Å². The van der Waals surface area contributed by atoms with Gasteiger partial charge in [-0.1, -0.05) is 46.4 Å². The summed E-state index contributed by atoms with van der Waals surface area (Å²) in [7, 11) is 0. The summed E-state index contributed by atoms with van der Waals surface area (Å²) in [6.07, 6.45) is 0. The number of benzene rings is 2. The van der Waals surface area contributed by atoms with Crippen molar-refractivity contribution < 1.29 is 9.59 Å². The van der Waals surface area contributed by atoms with Gasteiger partial charge in [0, 0.05) is 10.0 Å². The SMILES string of the molecule is CC1=NN(c2ccc(Cl)cc2Cl)C(=O)[C@@H]1[C@@H](Cl)[C@@]1(Cl)C(=O)N(c2ccc(Cl)cc2Cl)N=C1C. The molecule has 2 aromatic rings. The van der Waals surface area contributed by atoms with Crippen molar-refractivity contribution in [2.24, 2.45) is 16.1 Å². The Hall–Kier alpha value is -1.54. The highest BCUT2D eigenvalue weighted by Crippen LogP contribution is 2.44. The van der Waals surface area contributed by atoms with E-state index >= 15 is 0 Å². The number of hydrogen-bond acceptors (Lipinski definition) is 4. The summed E-state index contributed by atoms with van der Waals surface area (Å²) in [5.74, 6) is -2.14. The smallest absolute Gasteiger partial charge is 0.272 e. The van der Waals surface area contributed by atoms with Gasteiger partial charge in [0.1, 0.15) is 0 Å². The predicted octanol–water partition coefficient (Wildman–Crippen LogP) is 6.65. The van der Waals surface area contributed by atoms with Crippen LogP contribution in [0.3, 0.4) is 0 Å². The first-order chi connectivity index (χ1) is 15.5. The average molecular weight is 567 g/mol. The lowest BCUT2D eigenvalue weighted by atomic mass is 9.87. The van der Waals surface area contributed by atoms with Crippen LogP contribution in [0.15, 0.2) is 46.6 Å². The van der Waals surface area contributed by atoms with Crippen LogP contribution in [0.2, 0.25) is 20.1 Å². The number of carbonyl (C=O) groups excluding carboxylic acids is 2. The summed E-state index contributed by atoms with van der Waals surface area (Å²) in [5, 5.41) is 10.8. The minimum absolute atomic E-state index is 0.206. The van der Waals surface area contributed by atoms with Gasteiger partial charge in [-0.15, -0.1) is 23.2 Å². The van der Waals surface area contributed by atoms with E-state index < -0.39 is 28.0 Å². The molecule has 0 unspecified atom stereocenters. The molecular formula is C21H14Cl6N4O2. The largest absolute Gasteiger partial charge is 0.276 e. The summed E-state index contributed by atoms with van der Waals surface area (Å²) >= 11 is 38.0. The molecule has 2 amide bonds. The van der Waals surface area contributed by atoms with E-state index in [1.807, 2.05) is 0 Å². The highest BCUT2D eigenvalue weighted by atomic mass is 35.5. The van der Waals surface area contributed by atoms with E-state index in [0.29, 0.717) is 21.4 Å². The monoisotopic (exact) mass is 564 g/mol. The van der Waals surface area contributed by atoms with Crippen LogP contribution >= 0.6 is 69.6 Å². The van der Waals surface area contributed by atoms with Crippen LogP contribution in [0.4, 0.5) is 11.4 Å². The lowest BCUT2D eigenvalue weighted by molar-refractivity contribution is -0.121. The van der Waals surface area contributed by atoms with Crippen LogP contribution in [0.5, 0.6) is 0 Å².